The van der Waals surface area contributed by atoms with E-state index in [9.17, 15) is 0 Å². The summed E-state index contributed by atoms with van der Waals surface area (Å²) in [6.45, 7) is 6.53. The maximum absolute atomic E-state index is 8.65. The van der Waals surface area contributed by atoms with Gasteiger partial charge < -0.3 is 5.11 Å². The van der Waals surface area contributed by atoms with Gasteiger partial charge in [-0.3, -0.25) is 0 Å². The van der Waals surface area contributed by atoms with Crippen LogP contribution in [0.25, 0.3) is 4.85 Å². The van der Waals surface area contributed by atoms with Crippen LogP contribution in [-0.2, 0) is 6.61 Å². The van der Waals surface area contributed by atoms with Crippen molar-refractivity contribution in [3.05, 3.63) is 27.4 Å². The van der Waals surface area contributed by atoms with Gasteiger partial charge in [-0.15, -0.1) is 11.3 Å². The van der Waals surface area contributed by atoms with Crippen molar-refractivity contribution in [3.63, 3.8) is 0 Å². The first-order valence-corrected chi connectivity index (χ1v) is 3.74. The molecule has 0 fully saturated rings. The minimum absolute atomic E-state index is 0.0924. The molecular formula is C6H4ClNOS. The molecule has 4 heteroatoms. The van der Waals surface area contributed by atoms with Crippen LogP contribution in [-0.4, -0.2) is 5.11 Å². The number of thiophene rings is 1. The minimum Gasteiger partial charge on any atom is -0.392 e. The highest BCUT2D eigenvalue weighted by molar-refractivity contribution is 7.20. The summed E-state index contributed by atoms with van der Waals surface area (Å²) >= 11 is 6.83. The topological polar surface area (TPSA) is 24.6 Å². The molecule has 1 aromatic rings. The Morgan fingerprint density at radius 1 is 1.80 bits per heavy atom. The Morgan fingerprint density at radius 2 is 2.50 bits per heavy atom. The van der Waals surface area contributed by atoms with Crippen molar-refractivity contribution in [2.75, 3.05) is 0 Å². The average Bonchev–Trinajstić information content (AvgIpc) is 2.30. The Labute approximate surface area is 67.5 Å². The fourth-order valence-electron chi connectivity index (χ4n) is 0.556. The first kappa shape index (κ1) is 7.55. The lowest BCUT2D eigenvalue weighted by molar-refractivity contribution is 0.282. The Morgan fingerprint density at radius 3 is 2.80 bits per heavy atom. The van der Waals surface area contributed by atoms with Gasteiger partial charge >= 0.3 is 0 Å². The zero-order chi connectivity index (χ0) is 7.56. The maximum atomic E-state index is 8.65. The van der Waals surface area contributed by atoms with E-state index in [4.69, 9.17) is 23.3 Å². The monoisotopic (exact) mass is 173 g/mol. The standard InChI is InChI=1S/C6H4ClNOS/c1-8-5-2-4(3-9)6(7)10-5/h2,9H,3H2. The van der Waals surface area contributed by atoms with Gasteiger partial charge in [0.2, 0.25) is 5.00 Å². The van der Waals surface area contributed by atoms with Crippen molar-refractivity contribution in [1.29, 1.82) is 0 Å². The maximum Gasteiger partial charge on any atom is 0.242 e. The molecule has 0 aromatic carbocycles. The van der Waals surface area contributed by atoms with Crippen LogP contribution in [0.1, 0.15) is 5.56 Å². The summed E-state index contributed by atoms with van der Waals surface area (Å²) in [4.78, 5) is 3.17. The number of aliphatic hydroxyl groups is 1. The normalized spacial score (nSPS) is 9.30. The number of hydrogen-bond donors (Lipinski definition) is 1. The summed E-state index contributed by atoms with van der Waals surface area (Å²) in [5, 5.41) is 9.17. The van der Waals surface area contributed by atoms with Gasteiger partial charge in [-0.1, -0.05) is 11.6 Å². The summed E-state index contributed by atoms with van der Waals surface area (Å²) in [6, 6.07) is 1.60. The second-order valence-corrected chi connectivity index (χ2v) is 3.29. The molecule has 0 aliphatic rings. The molecular weight excluding hydrogens is 170 g/mol. The summed E-state index contributed by atoms with van der Waals surface area (Å²) in [7, 11) is 0. The molecule has 0 amide bonds. The Bertz CT molecular complexity index is 276. The van der Waals surface area contributed by atoms with Crippen LogP contribution in [0.4, 0.5) is 5.00 Å². The molecule has 0 spiro atoms. The molecule has 0 saturated heterocycles. The lowest BCUT2D eigenvalue weighted by atomic mass is 10.4. The highest BCUT2D eigenvalue weighted by Gasteiger charge is 2.03. The molecule has 1 heterocycles. The van der Waals surface area contributed by atoms with E-state index in [2.05, 4.69) is 4.85 Å². The molecule has 10 heavy (non-hydrogen) atoms. The van der Waals surface area contributed by atoms with Crippen LogP contribution < -0.4 is 0 Å². The van der Waals surface area contributed by atoms with Crippen molar-refractivity contribution >= 4 is 27.9 Å². The quantitative estimate of drug-likeness (QED) is 0.649. The van der Waals surface area contributed by atoms with Crippen molar-refractivity contribution < 1.29 is 5.11 Å². The average molecular weight is 174 g/mol. The summed E-state index contributed by atoms with van der Waals surface area (Å²) in [5.41, 5.74) is 0.637. The van der Waals surface area contributed by atoms with Gasteiger partial charge in [0.05, 0.1) is 17.5 Å². The van der Waals surface area contributed by atoms with Crippen LogP contribution in [0.3, 0.4) is 0 Å². The Kier molecular flexibility index (Phi) is 2.28. The lowest BCUT2D eigenvalue weighted by Crippen LogP contribution is -1.75. The number of nitrogens with zero attached hydrogens (tertiary/aromatic N) is 1. The molecule has 0 aliphatic heterocycles. The molecule has 0 unspecified atom stereocenters. The smallest absolute Gasteiger partial charge is 0.242 e. The van der Waals surface area contributed by atoms with Crippen molar-refractivity contribution in [2.24, 2.45) is 0 Å². The van der Waals surface area contributed by atoms with E-state index in [0.29, 0.717) is 14.9 Å². The molecule has 1 rings (SSSR count). The third kappa shape index (κ3) is 1.29. The molecule has 2 nitrogen and oxygen atoms in total. The van der Waals surface area contributed by atoms with Gasteiger partial charge in [-0.05, 0) is 11.6 Å². The molecule has 0 saturated carbocycles. The predicted octanol–water partition coefficient (Wildman–Crippen LogP) is 2.44. The highest BCUT2D eigenvalue weighted by Crippen LogP contribution is 2.33. The van der Waals surface area contributed by atoms with Gasteiger partial charge in [0.15, 0.2) is 0 Å². The number of hydrogen-bond acceptors (Lipinski definition) is 2. The molecule has 0 radical (unpaired) electrons. The molecule has 1 aromatic heterocycles. The van der Waals surface area contributed by atoms with Crippen molar-refractivity contribution in [2.45, 2.75) is 6.61 Å². The molecule has 0 atom stereocenters. The van der Waals surface area contributed by atoms with Crippen molar-refractivity contribution in [1.82, 2.24) is 0 Å². The van der Waals surface area contributed by atoms with E-state index in [1.807, 2.05) is 0 Å². The fraction of sp³-hybridized carbons (Fsp3) is 0.167. The SMILES string of the molecule is [C-]#[N+]c1cc(CO)c(Cl)s1. The van der Waals surface area contributed by atoms with E-state index in [1.165, 1.54) is 11.3 Å². The van der Waals surface area contributed by atoms with Crippen LogP contribution in [0.2, 0.25) is 4.34 Å². The predicted molar refractivity (Wildman–Crippen MR) is 41.5 cm³/mol. The van der Waals surface area contributed by atoms with E-state index >= 15 is 0 Å². The van der Waals surface area contributed by atoms with Gasteiger partial charge in [0, 0.05) is 0 Å². The summed E-state index contributed by atoms with van der Waals surface area (Å²) in [6.07, 6.45) is 0. The minimum atomic E-state index is -0.0924. The molecule has 52 valence electrons. The first-order valence-electron chi connectivity index (χ1n) is 2.54. The largest absolute Gasteiger partial charge is 0.392 e. The molecule has 1 N–H and O–H groups in total. The second kappa shape index (κ2) is 3.02. The third-order valence-corrected chi connectivity index (χ3v) is 2.36. The third-order valence-electron chi connectivity index (χ3n) is 1.02. The zero-order valence-electron chi connectivity index (χ0n) is 4.97. The number of aliphatic hydroxyl groups excluding tert-OH is 1. The zero-order valence-corrected chi connectivity index (χ0v) is 6.54. The van der Waals surface area contributed by atoms with Crippen LogP contribution >= 0.6 is 22.9 Å². The van der Waals surface area contributed by atoms with Gasteiger partial charge in [0.1, 0.15) is 0 Å². The molecule has 0 bridgehead atoms. The van der Waals surface area contributed by atoms with Crippen LogP contribution in [0.15, 0.2) is 6.07 Å². The summed E-state index contributed by atoms with van der Waals surface area (Å²) < 4.78 is 0.508. The molecule has 0 aliphatic carbocycles. The van der Waals surface area contributed by atoms with Gasteiger partial charge in [0.25, 0.3) is 0 Å². The first-order chi connectivity index (χ1) is 4.77. The van der Waals surface area contributed by atoms with Crippen molar-refractivity contribution in [3.8, 4) is 0 Å². The Balaban J connectivity index is 3.07. The van der Waals surface area contributed by atoms with E-state index < -0.39 is 0 Å². The van der Waals surface area contributed by atoms with E-state index in [0.717, 1.165) is 0 Å². The van der Waals surface area contributed by atoms with E-state index in [1.54, 1.807) is 6.07 Å². The Hall–Kier alpha value is -0.560. The van der Waals surface area contributed by atoms with Gasteiger partial charge in [-0.2, -0.15) is 0 Å². The number of rotatable bonds is 1. The van der Waals surface area contributed by atoms with E-state index in [-0.39, 0.29) is 6.61 Å². The highest BCUT2D eigenvalue weighted by atomic mass is 35.5. The fourth-order valence-corrected chi connectivity index (χ4v) is 1.59. The van der Waals surface area contributed by atoms with Crippen LogP contribution in [0, 0.1) is 6.57 Å². The lowest BCUT2D eigenvalue weighted by Gasteiger charge is -1.85. The van der Waals surface area contributed by atoms with Crippen LogP contribution in [0.5, 0.6) is 0 Å². The second-order valence-electron chi connectivity index (χ2n) is 1.65. The van der Waals surface area contributed by atoms with Gasteiger partial charge in [-0.25, -0.2) is 4.85 Å². The number of halogens is 1. The summed E-state index contributed by atoms with van der Waals surface area (Å²) in [5.74, 6) is 0.